The Labute approximate surface area is 199 Å². The molecule has 0 N–H and O–H groups in total. The Morgan fingerprint density at radius 2 is 1.41 bits per heavy atom. The monoisotopic (exact) mass is 509 g/mol. The Morgan fingerprint density at radius 3 is 1.88 bits per heavy atom. The number of hydrogen-bond acceptors (Lipinski definition) is 3. The maximum absolute atomic E-state index is 9.15. The van der Waals surface area contributed by atoms with Gasteiger partial charge < -0.3 is 9.16 Å². The minimum Gasteiger partial charge on any atom is -0.493 e. The van der Waals surface area contributed by atoms with E-state index < -0.39 is 14.4 Å². The highest BCUT2D eigenvalue weighted by Crippen LogP contribution is 2.36. The molecule has 0 radical (unpaired) electrons. The van der Waals surface area contributed by atoms with Crippen LogP contribution in [0.5, 0.6) is 5.75 Å². The van der Waals surface area contributed by atoms with E-state index in [2.05, 4.69) is 95.3 Å². The number of halogens is 1. The first-order valence-corrected chi connectivity index (χ1v) is 13.2. The van der Waals surface area contributed by atoms with E-state index >= 15 is 0 Å². The molecule has 0 heterocycles. The highest BCUT2D eigenvalue weighted by Gasteiger charge is 2.50. The maximum Gasteiger partial charge on any atom is 0.261 e. The highest BCUT2D eigenvalue weighted by molar-refractivity contribution is 9.10. The first-order valence-electron chi connectivity index (χ1n) is 10.5. The fourth-order valence-electron chi connectivity index (χ4n) is 3.89. The van der Waals surface area contributed by atoms with E-state index in [0.717, 1.165) is 10.2 Å². The molecule has 0 aliphatic rings. The van der Waals surface area contributed by atoms with Crippen LogP contribution in [0.1, 0.15) is 20.8 Å². The lowest BCUT2D eigenvalue weighted by molar-refractivity contribution is 0.212. The van der Waals surface area contributed by atoms with Crippen molar-refractivity contribution in [3.8, 4) is 5.75 Å². The molecule has 5 nitrogen and oxygen atoms in total. The topological polar surface area (TPSA) is 67.2 Å². The lowest BCUT2D eigenvalue weighted by atomic mass is 10.2. The SMILES string of the molecule is CC(C)(C)[Si](OCC(COc1ccc(Br)cc1)N=[N+]=[N-])(c1ccccc1)c1ccccc1. The number of azide groups is 1. The molecule has 0 aliphatic carbocycles. The molecule has 3 rings (SSSR count). The van der Waals surface area contributed by atoms with Crippen molar-refractivity contribution in [2.45, 2.75) is 31.9 Å². The Balaban J connectivity index is 1.91. The second kappa shape index (κ2) is 10.8. The summed E-state index contributed by atoms with van der Waals surface area (Å²) in [5.41, 5.74) is 9.15. The van der Waals surface area contributed by atoms with Gasteiger partial charge in [0.25, 0.3) is 8.32 Å². The van der Waals surface area contributed by atoms with Crippen molar-refractivity contribution in [1.82, 2.24) is 0 Å². The second-order valence-corrected chi connectivity index (χ2v) is 13.8. The van der Waals surface area contributed by atoms with Crippen LogP contribution in [0.4, 0.5) is 0 Å². The number of nitrogens with zero attached hydrogens (tertiary/aromatic N) is 3. The van der Waals surface area contributed by atoms with Crippen LogP contribution in [0.15, 0.2) is 94.5 Å². The zero-order chi connectivity index (χ0) is 23.0. The molecule has 0 fully saturated rings. The molecule has 0 aromatic heterocycles. The Morgan fingerprint density at radius 1 is 0.875 bits per heavy atom. The van der Waals surface area contributed by atoms with E-state index in [0.29, 0.717) is 0 Å². The predicted molar refractivity (Wildman–Crippen MR) is 136 cm³/mol. The molecule has 0 saturated carbocycles. The number of rotatable bonds is 9. The summed E-state index contributed by atoms with van der Waals surface area (Å²) in [6.45, 7) is 7.18. The third kappa shape index (κ3) is 5.61. The number of hydrogen-bond donors (Lipinski definition) is 0. The van der Waals surface area contributed by atoms with Gasteiger partial charge in [-0.2, -0.15) is 0 Å². The molecule has 1 atom stereocenters. The fraction of sp³-hybridized carbons (Fsp3) is 0.280. The molecule has 0 bridgehead atoms. The molecule has 0 aliphatic heterocycles. The predicted octanol–water partition coefficient (Wildman–Crippen LogP) is 6.08. The average Bonchev–Trinajstić information content (AvgIpc) is 2.79. The molecule has 32 heavy (non-hydrogen) atoms. The molecule has 3 aromatic carbocycles. The molecule has 0 spiro atoms. The Kier molecular flexibility index (Phi) is 8.15. The van der Waals surface area contributed by atoms with Gasteiger partial charge >= 0.3 is 0 Å². The summed E-state index contributed by atoms with van der Waals surface area (Å²) < 4.78 is 13.7. The van der Waals surface area contributed by atoms with Crippen molar-refractivity contribution < 1.29 is 9.16 Å². The third-order valence-electron chi connectivity index (χ3n) is 5.38. The van der Waals surface area contributed by atoms with Crippen molar-refractivity contribution in [1.29, 1.82) is 0 Å². The lowest BCUT2D eigenvalue weighted by Crippen LogP contribution is -2.67. The Hall–Kier alpha value is -2.57. The second-order valence-electron chi connectivity index (χ2n) is 8.60. The summed E-state index contributed by atoms with van der Waals surface area (Å²) >= 11 is 3.42. The van der Waals surface area contributed by atoms with Crippen molar-refractivity contribution in [3.05, 3.63) is 99.8 Å². The molecule has 0 amide bonds. The van der Waals surface area contributed by atoms with Crippen molar-refractivity contribution in [2.24, 2.45) is 5.11 Å². The van der Waals surface area contributed by atoms with Gasteiger partial charge in [0.05, 0.1) is 12.6 Å². The summed E-state index contributed by atoms with van der Waals surface area (Å²) in [5, 5.41) is 6.20. The highest BCUT2D eigenvalue weighted by atomic mass is 79.9. The van der Waals surface area contributed by atoms with Crippen LogP contribution in [0.3, 0.4) is 0 Å². The third-order valence-corrected chi connectivity index (χ3v) is 10.9. The van der Waals surface area contributed by atoms with Crippen LogP contribution in [0.25, 0.3) is 10.4 Å². The van der Waals surface area contributed by atoms with Gasteiger partial charge in [-0.1, -0.05) is 102 Å². The van der Waals surface area contributed by atoms with E-state index in [1.54, 1.807) is 0 Å². The van der Waals surface area contributed by atoms with Crippen LogP contribution < -0.4 is 15.1 Å². The zero-order valence-corrected chi connectivity index (χ0v) is 21.2. The summed E-state index contributed by atoms with van der Waals surface area (Å²) in [6, 6.07) is 27.9. The van der Waals surface area contributed by atoms with Crippen molar-refractivity contribution in [2.75, 3.05) is 13.2 Å². The summed E-state index contributed by atoms with van der Waals surface area (Å²) in [7, 11) is -2.70. The summed E-state index contributed by atoms with van der Waals surface area (Å²) in [5.74, 6) is 0.719. The van der Waals surface area contributed by atoms with E-state index in [1.807, 2.05) is 36.4 Å². The van der Waals surface area contributed by atoms with Gasteiger partial charge in [-0.15, -0.1) is 0 Å². The van der Waals surface area contributed by atoms with Crippen LogP contribution >= 0.6 is 15.9 Å². The minimum absolute atomic E-state index is 0.150. The first kappa shape index (κ1) is 24.1. The normalized spacial score (nSPS) is 12.6. The molecular weight excluding hydrogens is 482 g/mol. The fourth-order valence-corrected chi connectivity index (χ4v) is 8.76. The quantitative estimate of drug-likeness (QED) is 0.151. The maximum atomic E-state index is 9.15. The summed E-state index contributed by atoms with van der Waals surface area (Å²) in [4.78, 5) is 3.04. The van der Waals surface area contributed by atoms with E-state index in [1.165, 1.54) is 10.4 Å². The Bertz CT molecular complexity index is 995. The van der Waals surface area contributed by atoms with E-state index in [4.69, 9.17) is 14.7 Å². The van der Waals surface area contributed by atoms with Gasteiger partial charge in [0.2, 0.25) is 0 Å². The van der Waals surface area contributed by atoms with E-state index in [9.17, 15) is 0 Å². The van der Waals surface area contributed by atoms with Crippen LogP contribution in [-0.4, -0.2) is 27.6 Å². The summed E-state index contributed by atoms with van der Waals surface area (Å²) in [6.07, 6.45) is 0. The molecule has 3 aromatic rings. The average molecular weight is 511 g/mol. The van der Waals surface area contributed by atoms with Gasteiger partial charge in [0, 0.05) is 16.0 Å². The van der Waals surface area contributed by atoms with Gasteiger partial charge in [-0.3, -0.25) is 0 Å². The lowest BCUT2D eigenvalue weighted by Gasteiger charge is -2.43. The molecule has 0 saturated heterocycles. The minimum atomic E-state index is -2.70. The largest absolute Gasteiger partial charge is 0.493 e. The van der Waals surface area contributed by atoms with Gasteiger partial charge in [-0.25, -0.2) is 0 Å². The van der Waals surface area contributed by atoms with Gasteiger partial charge in [-0.05, 0) is 45.2 Å². The van der Waals surface area contributed by atoms with Gasteiger partial charge in [0.15, 0.2) is 0 Å². The molecule has 7 heteroatoms. The number of ether oxygens (including phenoxy) is 1. The smallest absolute Gasteiger partial charge is 0.261 e. The van der Waals surface area contributed by atoms with Crippen LogP contribution in [0.2, 0.25) is 5.04 Å². The molecule has 166 valence electrons. The van der Waals surface area contributed by atoms with Crippen LogP contribution in [-0.2, 0) is 4.43 Å². The molecule has 1 unspecified atom stereocenters. The van der Waals surface area contributed by atoms with Crippen molar-refractivity contribution >= 4 is 34.6 Å². The number of benzene rings is 3. The molecular formula is C25H28BrN3O2Si. The van der Waals surface area contributed by atoms with Crippen LogP contribution in [0, 0.1) is 0 Å². The van der Waals surface area contributed by atoms with Gasteiger partial charge in [0.1, 0.15) is 5.75 Å². The first-order chi connectivity index (χ1) is 15.4. The zero-order valence-electron chi connectivity index (χ0n) is 18.6. The van der Waals surface area contributed by atoms with Crippen molar-refractivity contribution in [3.63, 3.8) is 0 Å². The standard InChI is InChI=1S/C25H28BrN3O2Si/c1-25(2,3)32(23-10-6-4-7-11-23,24-12-8-5-9-13-24)31-19-21(28-29-27)18-30-22-16-14-20(26)15-17-22/h4-17,21H,18-19H2,1-3H3. The van der Waals surface area contributed by atoms with E-state index in [-0.39, 0.29) is 18.3 Å².